The van der Waals surface area contributed by atoms with Gasteiger partial charge in [0.1, 0.15) is 0 Å². The van der Waals surface area contributed by atoms with Crippen LogP contribution in [0.4, 0.5) is 15.8 Å². The number of anilines is 2. The van der Waals surface area contributed by atoms with Crippen LogP contribution in [0.1, 0.15) is 5.69 Å². The molecule has 0 fully saturated rings. The first-order valence-electron chi connectivity index (χ1n) is 6.36. The van der Waals surface area contributed by atoms with Gasteiger partial charge in [-0.1, -0.05) is 6.07 Å². The van der Waals surface area contributed by atoms with Gasteiger partial charge in [0, 0.05) is 44.0 Å². The number of pyridine rings is 1. The number of nitrogen functional groups attached to an aromatic ring is 1. The summed E-state index contributed by atoms with van der Waals surface area (Å²) in [5.41, 5.74) is 8.01. The molecular weight excluding hydrogens is 257 g/mol. The van der Waals surface area contributed by atoms with Crippen LogP contribution < -0.4 is 15.4 Å². The molecule has 0 aliphatic rings. The van der Waals surface area contributed by atoms with Crippen LogP contribution in [0.2, 0.25) is 0 Å². The monoisotopic (exact) mass is 275 g/mol. The van der Waals surface area contributed by atoms with Gasteiger partial charge in [0.15, 0.2) is 11.6 Å². The number of likely N-dealkylation sites (N-methyl/N-ethyl adjacent to an activating group) is 1. The molecule has 0 bridgehead atoms. The number of nitrogens with zero attached hydrogens (tertiary/aromatic N) is 2. The van der Waals surface area contributed by atoms with Crippen LogP contribution in [-0.2, 0) is 6.42 Å². The number of rotatable bonds is 5. The first-order valence-corrected chi connectivity index (χ1v) is 6.36. The van der Waals surface area contributed by atoms with Gasteiger partial charge >= 0.3 is 0 Å². The summed E-state index contributed by atoms with van der Waals surface area (Å²) in [5, 5.41) is 0. The molecule has 106 valence electrons. The van der Waals surface area contributed by atoms with Crippen molar-refractivity contribution >= 4 is 11.4 Å². The molecule has 20 heavy (non-hydrogen) atoms. The smallest absolute Gasteiger partial charge is 0.167 e. The third-order valence-corrected chi connectivity index (χ3v) is 3.14. The summed E-state index contributed by atoms with van der Waals surface area (Å²) in [6.07, 6.45) is 2.56. The Bertz CT molecular complexity index is 575. The molecule has 0 atom stereocenters. The minimum Gasteiger partial charge on any atom is -0.494 e. The van der Waals surface area contributed by atoms with Crippen molar-refractivity contribution in [2.75, 3.05) is 31.3 Å². The molecule has 2 N–H and O–H groups in total. The van der Waals surface area contributed by atoms with Crippen molar-refractivity contribution in [3.05, 3.63) is 48.0 Å². The Morgan fingerprint density at radius 3 is 2.80 bits per heavy atom. The lowest BCUT2D eigenvalue weighted by Gasteiger charge is -2.21. The Labute approximate surface area is 118 Å². The van der Waals surface area contributed by atoms with Gasteiger partial charge in [-0.25, -0.2) is 4.39 Å². The average Bonchev–Trinajstić information content (AvgIpc) is 2.46. The van der Waals surface area contributed by atoms with E-state index in [9.17, 15) is 4.39 Å². The van der Waals surface area contributed by atoms with Crippen molar-refractivity contribution in [1.29, 1.82) is 0 Å². The Hall–Kier alpha value is -2.30. The third kappa shape index (κ3) is 3.17. The molecular formula is C15H18FN3O. The van der Waals surface area contributed by atoms with Gasteiger partial charge in [-0.15, -0.1) is 0 Å². The summed E-state index contributed by atoms with van der Waals surface area (Å²) in [6, 6.07) is 8.71. The number of methoxy groups -OCH3 is 1. The molecule has 0 spiro atoms. The Balaban J connectivity index is 2.11. The highest BCUT2D eigenvalue weighted by Gasteiger charge is 2.11. The quantitative estimate of drug-likeness (QED) is 0.852. The lowest BCUT2D eigenvalue weighted by Crippen LogP contribution is -2.22. The number of aromatic nitrogens is 1. The molecule has 2 rings (SSSR count). The second kappa shape index (κ2) is 6.23. The zero-order valence-electron chi connectivity index (χ0n) is 11.6. The Morgan fingerprint density at radius 1 is 1.35 bits per heavy atom. The zero-order valence-corrected chi connectivity index (χ0v) is 11.6. The summed E-state index contributed by atoms with van der Waals surface area (Å²) in [6.45, 7) is 0.732. The van der Waals surface area contributed by atoms with Gasteiger partial charge in [-0.3, -0.25) is 4.98 Å². The number of hydrogen-bond acceptors (Lipinski definition) is 4. The van der Waals surface area contributed by atoms with E-state index in [1.165, 1.54) is 13.2 Å². The fourth-order valence-corrected chi connectivity index (χ4v) is 1.99. The number of halogens is 1. The molecule has 0 saturated heterocycles. The Kier molecular flexibility index (Phi) is 4.40. The van der Waals surface area contributed by atoms with Crippen molar-refractivity contribution in [1.82, 2.24) is 4.98 Å². The molecule has 0 aliphatic heterocycles. The Morgan fingerprint density at radius 2 is 2.15 bits per heavy atom. The highest BCUT2D eigenvalue weighted by molar-refractivity contribution is 5.69. The van der Waals surface area contributed by atoms with Crippen molar-refractivity contribution in [3.63, 3.8) is 0 Å². The van der Waals surface area contributed by atoms with Gasteiger partial charge in [0.25, 0.3) is 0 Å². The molecule has 0 amide bonds. The summed E-state index contributed by atoms with van der Waals surface area (Å²) < 4.78 is 18.5. The van der Waals surface area contributed by atoms with E-state index in [4.69, 9.17) is 10.5 Å². The lowest BCUT2D eigenvalue weighted by molar-refractivity contribution is 0.387. The molecule has 1 aromatic heterocycles. The largest absolute Gasteiger partial charge is 0.494 e. The van der Waals surface area contributed by atoms with E-state index < -0.39 is 5.82 Å². The fourth-order valence-electron chi connectivity index (χ4n) is 1.99. The van der Waals surface area contributed by atoms with Crippen molar-refractivity contribution in [2.24, 2.45) is 0 Å². The van der Waals surface area contributed by atoms with Crippen LogP contribution in [-0.4, -0.2) is 25.7 Å². The van der Waals surface area contributed by atoms with Crippen LogP contribution in [0.5, 0.6) is 5.75 Å². The number of ether oxygens (including phenoxy) is 1. The molecule has 1 aromatic carbocycles. The van der Waals surface area contributed by atoms with Crippen molar-refractivity contribution < 1.29 is 9.13 Å². The van der Waals surface area contributed by atoms with Crippen LogP contribution in [0, 0.1) is 5.82 Å². The zero-order chi connectivity index (χ0) is 14.5. The second-order valence-electron chi connectivity index (χ2n) is 4.54. The molecule has 0 radical (unpaired) electrons. The van der Waals surface area contributed by atoms with E-state index in [2.05, 4.69) is 4.98 Å². The predicted octanol–water partition coefficient (Wildman–Crippen LogP) is 2.49. The molecule has 4 nitrogen and oxygen atoms in total. The number of benzene rings is 1. The summed E-state index contributed by atoms with van der Waals surface area (Å²) in [5.74, 6) is -0.259. The van der Waals surface area contributed by atoms with Gasteiger partial charge in [-0.2, -0.15) is 0 Å². The van der Waals surface area contributed by atoms with E-state index in [1.807, 2.05) is 30.1 Å². The predicted molar refractivity (Wildman–Crippen MR) is 78.6 cm³/mol. The third-order valence-electron chi connectivity index (χ3n) is 3.14. The summed E-state index contributed by atoms with van der Waals surface area (Å²) >= 11 is 0. The molecule has 2 aromatic rings. The lowest BCUT2D eigenvalue weighted by atomic mass is 10.2. The maximum Gasteiger partial charge on any atom is 0.167 e. The molecule has 0 unspecified atom stereocenters. The topological polar surface area (TPSA) is 51.4 Å². The molecule has 0 saturated carbocycles. The highest BCUT2D eigenvalue weighted by atomic mass is 19.1. The van der Waals surface area contributed by atoms with Gasteiger partial charge in [0.05, 0.1) is 18.5 Å². The van der Waals surface area contributed by atoms with Crippen LogP contribution in [0.15, 0.2) is 36.5 Å². The second-order valence-corrected chi connectivity index (χ2v) is 4.54. The van der Waals surface area contributed by atoms with E-state index >= 15 is 0 Å². The van der Waals surface area contributed by atoms with Crippen molar-refractivity contribution in [2.45, 2.75) is 6.42 Å². The van der Waals surface area contributed by atoms with Crippen LogP contribution in [0.25, 0.3) is 0 Å². The normalized spacial score (nSPS) is 10.3. The molecule has 0 aliphatic carbocycles. The standard InChI is InChI=1S/C15H18FN3O/c1-19(8-6-11-5-3-4-7-18-11)14-10-15(20-2)12(16)9-13(14)17/h3-5,7,9-10H,6,8,17H2,1-2H3. The van der Waals surface area contributed by atoms with E-state index in [-0.39, 0.29) is 5.75 Å². The van der Waals surface area contributed by atoms with Gasteiger partial charge in [-0.05, 0) is 12.1 Å². The minimum absolute atomic E-state index is 0.193. The first-order chi connectivity index (χ1) is 9.61. The molecule has 5 heteroatoms. The summed E-state index contributed by atoms with van der Waals surface area (Å²) in [4.78, 5) is 6.24. The maximum absolute atomic E-state index is 13.5. The van der Waals surface area contributed by atoms with Gasteiger partial charge in [0.2, 0.25) is 0 Å². The van der Waals surface area contributed by atoms with Crippen LogP contribution in [0.3, 0.4) is 0 Å². The van der Waals surface area contributed by atoms with E-state index in [1.54, 1.807) is 12.3 Å². The van der Waals surface area contributed by atoms with E-state index in [0.717, 1.165) is 24.3 Å². The number of nitrogens with two attached hydrogens (primary N) is 1. The first kappa shape index (κ1) is 14.1. The fraction of sp³-hybridized carbons (Fsp3) is 0.267. The molecule has 1 heterocycles. The van der Waals surface area contributed by atoms with E-state index in [0.29, 0.717) is 5.69 Å². The SMILES string of the molecule is COc1cc(N(C)CCc2ccccn2)c(N)cc1F. The minimum atomic E-state index is -0.452. The van der Waals surface area contributed by atoms with Crippen molar-refractivity contribution in [3.8, 4) is 5.75 Å². The maximum atomic E-state index is 13.5. The highest BCUT2D eigenvalue weighted by Crippen LogP contribution is 2.30. The van der Waals surface area contributed by atoms with Gasteiger partial charge < -0.3 is 15.4 Å². The number of hydrogen-bond donors (Lipinski definition) is 1. The average molecular weight is 275 g/mol. The summed E-state index contributed by atoms with van der Waals surface area (Å²) in [7, 11) is 3.35. The van der Waals surface area contributed by atoms with Crippen LogP contribution >= 0.6 is 0 Å².